The summed E-state index contributed by atoms with van der Waals surface area (Å²) in [4.78, 5) is 16.5. The molecule has 0 spiro atoms. The van der Waals surface area contributed by atoms with Crippen molar-refractivity contribution < 1.29 is 21.6 Å². The number of amidine groups is 1. The molecule has 148 valence electrons. The molecule has 2 aliphatic rings. The highest BCUT2D eigenvalue weighted by molar-refractivity contribution is 7.91. The molecule has 0 aliphatic carbocycles. The zero-order valence-electron chi connectivity index (χ0n) is 14.8. The molecule has 3 rings (SSSR count). The first-order chi connectivity index (χ1) is 12.8. The fourth-order valence-electron chi connectivity index (χ4n) is 3.16. The topological polar surface area (TPSA) is 122 Å². The van der Waals surface area contributed by atoms with Gasteiger partial charge in [0.05, 0.1) is 22.3 Å². The Balaban J connectivity index is 1.71. The van der Waals surface area contributed by atoms with E-state index >= 15 is 0 Å². The van der Waals surface area contributed by atoms with Gasteiger partial charge in [0.2, 0.25) is 5.91 Å². The number of aliphatic imine (C=N–C) groups is 1. The van der Waals surface area contributed by atoms with Crippen molar-refractivity contribution in [2.24, 2.45) is 10.9 Å². The maximum atomic E-state index is 12.6. The lowest BCUT2D eigenvalue weighted by molar-refractivity contribution is -0.119. The smallest absolute Gasteiger partial charge is 0.262 e. The third kappa shape index (κ3) is 5.29. The van der Waals surface area contributed by atoms with Gasteiger partial charge in [0.25, 0.3) is 10.0 Å². The van der Waals surface area contributed by atoms with E-state index in [2.05, 4.69) is 15.0 Å². The van der Waals surface area contributed by atoms with Crippen LogP contribution in [0.3, 0.4) is 0 Å². The number of carbonyl (C=O) groups excluding carboxylic acids is 1. The van der Waals surface area contributed by atoms with Crippen molar-refractivity contribution in [3.63, 3.8) is 0 Å². The molecule has 0 radical (unpaired) electrons. The summed E-state index contributed by atoms with van der Waals surface area (Å²) in [6.45, 7) is 0.609. The first kappa shape index (κ1) is 19.8. The van der Waals surface area contributed by atoms with Crippen LogP contribution in [0.1, 0.15) is 32.1 Å². The molecule has 0 unspecified atom stereocenters. The van der Waals surface area contributed by atoms with Gasteiger partial charge in [-0.3, -0.25) is 14.5 Å². The van der Waals surface area contributed by atoms with Crippen molar-refractivity contribution in [2.45, 2.75) is 37.0 Å². The average molecular weight is 414 g/mol. The number of nitrogens with one attached hydrogen (secondary N) is 2. The van der Waals surface area contributed by atoms with Crippen LogP contribution in [0.15, 0.2) is 34.2 Å². The van der Waals surface area contributed by atoms with Crippen LogP contribution in [0.5, 0.6) is 0 Å². The highest BCUT2D eigenvalue weighted by Crippen LogP contribution is 2.22. The standard InChI is InChI=1S/C17H23N3O5S2/c21-17(13-8-10-26(22,23)12-13)19-14-5-4-6-15(11-14)27(24,25)20-16-7-2-1-3-9-18-16/h4-6,11,13H,1-3,7-10,12H2,(H,18,20)(H,19,21)/t13-/m0/s1. The highest BCUT2D eigenvalue weighted by atomic mass is 32.2. The van der Waals surface area contributed by atoms with E-state index in [1.54, 1.807) is 6.07 Å². The minimum Gasteiger partial charge on any atom is -0.326 e. The van der Waals surface area contributed by atoms with Crippen LogP contribution < -0.4 is 10.0 Å². The summed E-state index contributed by atoms with van der Waals surface area (Å²) < 4.78 is 50.8. The van der Waals surface area contributed by atoms with E-state index in [1.807, 2.05) is 0 Å². The lowest BCUT2D eigenvalue weighted by Crippen LogP contribution is -2.30. The Hall–Kier alpha value is -1.94. The number of sulfone groups is 1. The number of rotatable bonds is 4. The third-order valence-corrected chi connectivity index (χ3v) is 7.79. The molecule has 27 heavy (non-hydrogen) atoms. The molecule has 2 aliphatic heterocycles. The first-order valence-corrected chi connectivity index (χ1v) is 12.2. The number of carbonyl (C=O) groups is 1. The lowest BCUT2D eigenvalue weighted by atomic mass is 10.1. The number of hydrogen-bond acceptors (Lipinski definition) is 6. The van der Waals surface area contributed by atoms with Gasteiger partial charge in [-0.05, 0) is 37.5 Å². The maximum absolute atomic E-state index is 12.6. The van der Waals surface area contributed by atoms with Crippen molar-refractivity contribution in [1.29, 1.82) is 0 Å². The van der Waals surface area contributed by atoms with Gasteiger partial charge in [-0.1, -0.05) is 12.5 Å². The van der Waals surface area contributed by atoms with Crippen LogP contribution in [-0.4, -0.2) is 46.6 Å². The van der Waals surface area contributed by atoms with Gasteiger partial charge in [-0.15, -0.1) is 0 Å². The number of nitrogens with zero attached hydrogens (tertiary/aromatic N) is 1. The molecule has 0 saturated carbocycles. The second-order valence-corrected chi connectivity index (χ2v) is 10.8. The summed E-state index contributed by atoms with van der Waals surface area (Å²) in [7, 11) is -6.96. The van der Waals surface area contributed by atoms with E-state index in [1.165, 1.54) is 18.2 Å². The molecular formula is C17H23N3O5S2. The second kappa shape index (κ2) is 7.97. The fraction of sp³-hybridized carbons (Fsp3) is 0.529. The van der Waals surface area contributed by atoms with E-state index in [9.17, 15) is 21.6 Å². The van der Waals surface area contributed by atoms with E-state index in [0.29, 0.717) is 24.5 Å². The quantitative estimate of drug-likeness (QED) is 0.771. The maximum Gasteiger partial charge on any atom is 0.262 e. The Morgan fingerprint density at radius 1 is 1.19 bits per heavy atom. The average Bonchev–Trinajstić information content (AvgIpc) is 2.80. The van der Waals surface area contributed by atoms with Crippen molar-refractivity contribution in [2.75, 3.05) is 23.4 Å². The summed E-state index contributed by atoms with van der Waals surface area (Å²) in [5, 5.41) is 2.62. The number of hydrogen-bond donors (Lipinski definition) is 2. The predicted molar refractivity (Wildman–Crippen MR) is 103 cm³/mol. The van der Waals surface area contributed by atoms with E-state index < -0.39 is 31.7 Å². The van der Waals surface area contributed by atoms with E-state index in [-0.39, 0.29) is 22.8 Å². The normalized spacial score (nSPS) is 22.5. The molecule has 8 nitrogen and oxygen atoms in total. The molecule has 1 aromatic rings. The van der Waals surface area contributed by atoms with Crippen LogP contribution in [0.4, 0.5) is 5.69 Å². The third-order valence-electron chi connectivity index (χ3n) is 4.64. The van der Waals surface area contributed by atoms with Crippen LogP contribution in [0.25, 0.3) is 0 Å². The first-order valence-electron chi connectivity index (χ1n) is 8.93. The zero-order valence-corrected chi connectivity index (χ0v) is 16.5. The lowest BCUT2D eigenvalue weighted by Gasteiger charge is -2.12. The van der Waals surface area contributed by atoms with E-state index in [0.717, 1.165) is 19.3 Å². The van der Waals surface area contributed by atoms with Gasteiger partial charge >= 0.3 is 0 Å². The molecule has 10 heteroatoms. The van der Waals surface area contributed by atoms with Crippen molar-refractivity contribution >= 4 is 37.3 Å². The molecule has 2 N–H and O–H groups in total. The Bertz CT molecular complexity index is 955. The Kier molecular flexibility index (Phi) is 5.85. The second-order valence-electron chi connectivity index (χ2n) is 6.86. The zero-order chi connectivity index (χ0) is 19.5. The summed E-state index contributed by atoms with van der Waals surface area (Å²) in [5.74, 6) is -0.720. The SMILES string of the molecule is O=C(Nc1cccc(S(=O)(=O)NC2=NCCCCC2)c1)[C@H]1CCS(=O)(=O)C1. The van der Waals surface area contributed by atoms with Crippen molar-refractivity contribution in [1.82, 2.24) is 4.72 Å². The van der Waals surface area contributed by atoms with Crippen molar-refractivity contribution in [3.05, 3.63) is 24.3 Å². The molecule has 1 atom stereocenters. The van der Waals surface area contributed by atoms with Crippen molar-refractivity contribution in [3.8, 4) is 0 Å². The van der Waals surface area contributed by atoms with Crippen LogP contribution in [-0.2, 0) is 24.7 Å². The highest BCUT2D eigenvalue weighted by Gasteiger charge is 2.33. The molecule has 1 fully saturated rings. The van der Waals surface area contributed by atoms with Gasteiger partial charge in [-0.2, -0.15) is 0 Å². The summed E-state index contributed by atoms with van der Waals surface area (Å²) >= 11 is 0. The van der Waals surface area contributed by atoms with Crippen LogP contribution in [0.2, 0.25) is 0 Å². The molecule has 1 saturated heterocycles. The summed E-state index contributed by atoms with van der Waals surface area (Å²) in [6, 6.07) is 5.91. The Morgan fingerprint density at radius 3 is 2.74 bits per heavy atom. The molecule has 0 aromatic heterocycles. The molecule has 1 aromatic carbocycles. The molecular weight excluding hydrogens is 390 g/mol. The van der Waals surface area contributed by atoms with Gasteiger partial charge < -0.3 is 5.32 Å². The largest absolute Gasteiger partial charge is 0.326 e. The summed E-state index contributed by atoms with van der Waals surface area (Å²) in [5.41, 5.74) is 0.315. The minimum atomic E-state index is -3.80. The van der Waals surface area contributed by atoms with Gasteiger partial charge in [0.1, 0.15) is 5.84 Å². The Morgan fingerprint density at radius 2 is 2.00 bits per heavy atom. The molecule has 1 amide bonds. The van der Waals surface area contributed by atoms with Crippen LogP contribution >= 0.6 is 0 Å². The Labute approximate surface area is 159 Å². The predicted octanol–water partition coefficient (Wildman–Crippen LogP) is 1.31. The van der Waals surface area contributed by atoms with Gasteiger partial charge in [0.15, 0.2) is 9.84 Å². The summed E-state index contributed by atoms with van der Waals surface area (Å²) in [6.07, 6.45) is 3.73. The fourth-order valence-corrected chi connectivity index (χ4v) is 6.03. The molecule has 2 heterocycles. The number of amides is 1. The monoisotopic (exact) mass is 413 g/mol. The van der Waals surface area contributed by atoms with Gasteiger partial charge in [-0.25, -0.2) is 16.8 Å². The minimum absolute atomic E-state index is 0.00549. The number of benzene rings is 1. The van der Waals surface area contributed by atoms with Gasteiger partial charge in [0, 0.05) is 18.7 Å². The van der Waals surface area contributed by atoms with E-state index in [4.69, 9.17) is 0 Å². The number of anilines is 1. The van der Waals surface area contributed by atoms with Crippen LogP contribution in [0, 0.1) is 5.92 Å². The number of sulfonamides is 1. The molecule has 0 bridgehead atoms.